The Morgan fingerprint density at radius 3 is 2.91 bits per heavy atom. The number of hydrogen-bond donors (Lipinski definition) is 3. The maximum absolute atomic E-state index is 12.1. The lowest BCUT2D eigenvalue weighted by Crippen LogP contribution is -2.49. The first-order chi connectivity index (χ1) is 10.4. The second-order valence-corrected chi connectivity index (χ2v) is 7.37. The van der Waals surface area contributed by atoms with Gasteiger partial charge in [0, 0.05) is 12.1 Å². The maximum atomic E-state index is 12.1. The average Bonchev–Trinajstić information content (AvgIpc) is 3.00. The molecule has 0 bridgehead atoms. The highest BCUT2D eigenvalue weighted by Crippen LogP contribution is 2.23. The van der Waals surface area contributed by atoms with Gasteiger partial charge in [-0.15, -0.1) is 0 Å². The van der Waals surface area contributed by atoms with Crippen molar-refractivity contribution in [3.05, 3.63) is 22.4 Å². The molecule has 1 aliphatic rings. The van der Waals surface area contributed by atoms with Crippen LogP contribution in [0.5, 0.6) is 0 Å². The molecular formula is C16H27N3O2S. The molecule has 2 rings (SSSR count). The molecule has 1 aliphatic carbocycles. The predicted molar refractivity (Wildman–Crippen MR) is 90.2 cm³/mol. The van der Waals surface area contributed by atoms with Crippen LogP contribution in [0.3, 0.4) is 0 Å². The van der Waals surface area contributed by atoms with E-state index >= 15 is 0 Å². The van der Waals surface area contributed by atoms with E-state index in [0.717, 1.165) is 24.8 Å². The van der Waals surface area contributed by atoms with Gasteiger partial charge >= 0.3 is 6.03 Å². The summed E-state index contributed by atoms with van der Waals surface area (Å²) >= 11 is 1.54. The van der Waals surface area contributed by atoms with E-state index in [-0.39, 0.29) is 18.6 Å². The highest BCUT2D eigenvalue weighted by Gasteiger charge is 2.27. The molecule has 1 aromatic heterocycles. The van der Waals surface area contributed by atoms with Crippen molar-refractivity contribution in [1.29, 1.82) is 0 Å². The highest BCUT2D eigenvalue weighted by molar-refractivity contribution is 7.08. The van der Waals surface area contributed by atoms with Crippen molar-refractivity contribution >= 4 is 17.4 Å². The van der Waals surface area contributed by atoms with Crippen molar-refractivity contribution < 1.29 is 9.90 Å². The zero-order chi connectivity index (χ0) is 16.2. The fourth-order valence-corrected chi connectivity index (χ4v) is 3.71. The molecule has 1 fully saturated rings. The smallest absolute Gasteiger partial charge is 0.315 e. The quantitative estimate of drug-likeness (QED) is 0.777. The SMILES string of the molecule is CN(C)C1CCCC(NC(=O)NCC(C)(O)c2ccsc2)C1. The number of carbonyl (C=O) groups excluding carboxylic acids is 1. The minimum atomic E-state index is -1.03. The Labute approximate surface area is 136 Å². The van der Waals surface area contributed by atoms with E-state index in [2.05, 4.69) is 29.6 Å². The first-order valence-electron chi connectivity index (χ1n) is 7.84. The van der Waals surface area contributed by atoms with Crippen molar-refractivity contribution in [2.24, 2.45) is 0 Å². The van der Waals surface area contributed by atoms with Crippen molar-refractivity contribution in [1.82, 2.24) is 15.5 Å². The van der Waals surface area contributed by atoms with Crippen LogP contribution in [0, 0.1) is 0 Å². The summed E-state index contributed by atoms with van der Waals surface area (Å²) in [6.07, 6.45) is 4.35. The Kier molecular flexibility index (Phi) is 5.83. The molecule has 0 aliphatic heterocycles. The molecule has 6 heteroatoms. The molecule has 3 unspecified atom stereocenters. The molecule has 124 valence electrons. The van der Waals surface area contributed by atoms with E-state index in [1.165, 1.54) is 17.8 Å². The predicted octanol–water partition coefficient (Wildman–Crippen LogP) is 2.13. The van der Waals surface area contributed by atoms with Gasteiger partial charge in [0.1, 0.15) is 5.60 Å². The number of aliphatic hydroxyl groups is 1. The van der Waals surface area contributed by atoms with Crippen LogP contribution < -0.4 is 10.6 Å². The van der Waals surface area contributed by atoms with E-state index in [0.29, 0.717) is 6.04 Å². The van der Waals surface area contributed by atoms with Crippen LogP contribution in [0.15, 0.2) is 16.8 Å². The third-order valence-corrected chi connectivity index (χ3v) is 5.13. The number of rotatable bonds is 5. The zero-order valence-electron chi connectivity index (χ0n) is 13.6. The monoisotopic (exact) mass is 325 g/mol. The van der Waals surface area contributed by atoms with Gasteiger partial charge in [0.25, 0.3) is 0 Å². The maximum Gasteiger partial charge on any atom is 0.315 e. The first kappa shape index (κ1) is 17.2. The van der Waals surface area contributed by atoms with Crippen LogP contribution in [0.1, 0.15) is 38.2 Å². The minimum absolute atomic E-state index is 0.195. The van der Waals surface area contributed by atoms with Crippen LogP contribution in [-0.2, 0) is 5.60 Å². The van der Waals surface area contributed by atoms with Gasteiger partial charge in [0.05, 0.1) is 6.54 Å². The average molecular weight is 325 g/mol. The van der Waals surface area contributed by atoms with E-state index in [4.69, 9.17) is 0 Å². The summed E-state index contributed by atoms with van der Waals surface area (Å²) in [7, 11) is 4.18. The molecule has 3 N–H and O–H groups in total. The molecule has 0 aromatic carbocycles. The van der Waals surface area contributed by atoms with Gasteiger partial charge in [-0.05, 0) is 69.1 Å². The zero-order valence-corrected chi connectivity index (χ0v) is 14.4. The third-order valence-electron chi connectivity index (χ3n) is 4.45. The van der Waals surface area contributed by atoms with Gasteiger partial charge in [-0.25, -0.2) is 4.79 Å². The lowest BCUT2D eigenvalue weighted by Gasteiger charge is -2.34. The molecule has 22 heavy (non-hydrogen) atoms. The minimum Gasteiger partial charge on any atom is -0.384 e. The Morgan fingerprint density at radius 1 is 1.50 bits per heavy atom. The Bertz CT molecular complexity index is 474. The largest absolute Gasteiger partial charge is 0.384 e. The summed E-state index contributed by atoms with van der Waals surface area (Å²) in [5, 5.41) is 20.1. The lowest BCUT2D eigenvalue weighted by molar-refractivity contribution is 0.0595. The molecule has 0 radical (unpaired) electrons. The molecule has 1 aromatic rings. The highest BCUT2D eigenvalue weighted by atomic mass is 32.1. The van der Waals surface area contributed by atoms with Gasteiger partial charge in [-0.2, -0.15) is 11.3 Å². The van der Waals surface area contributed by atoms with Crippen molar-refractivity contribution in [3.8, 4) is 0 Å². The fraction of sp³-hybridized carbons (Fsp3) is 0.688. The van der Waals surface area contributed by atoms with Crippen LogP contribution >= 0.6 is 11.3 Å². The van der Waals surface area contributed by atoms with Gasteiger partial charge < -0.3 is 20.6 Å². The Morgan fingerprint density at radius 2 is 2.27 bits per heavy atom. The van der Waals surface area contributed by atoms with Crippen molar-refractivity contribution in [3.63, 3.8) is 0 Å². The van der Waals surface area contributed by atoms with Crippen LogP contribution in [0.25, 0.3) is 0 Å². The number of thiophene rings is 1. The molecule has 1 heterocycles. The molecule has 3 atom stereocenters. The van der Waals surface area contributed by atoms with E-state index in [1.54, 1.807) is 6.92 Å². The summed E-state index contributed by atoms with van der Waals surface area (Å²) in [5.74, 6) is 0. The number of nitrogens with one attached hydrogen (secondary N) is 2. The summed E-state index contributed by atoms with van der Waals surface area (Å²) in [6, 6.07) is 2.44. The second-order valence-electron chi connectivity index (χ2n) is 6.59. The second kappa shape index (κ2) is 7.44. The summed E-state index contributed by atoms with van der Waals surface area (Å²) in [5.41, 5.74) is -0.195. The molecule has 1 saturated carbocycles. The van der Waals surface area contributed by atoms with Crippen molar-refractivity contribution in [2.75, 3.05) is 20.6 Å². The molecule has 0 spiro atoms. The van der Waals surface area contributed by atoms with E-state index in [1.807, 2.05) is 16.8 Å². The van der Waals surface area contributed by atoms with Gasteiger partial charge in [-0.3, -0.25) is 0 Å². The van der Waals surface area contributed by atoms with Crippen LogP contribution in [0.4, 0.5) is 4.79 Å². The van der Waals surface area contributed by atoms with Crippen molar-refractivity contribution in [2.45, 2.75) is 50.3 Å². The molecule has 5 nitrogen and oxygen atoms in total. The summed E-state index contributed by atoms with van der Waals surface area (Å²) in [4.78, 5) is 14.3. The molecule has 2 amide bonds. The molecular weight excluding hydrogens is 298 g/mol. The number of nitrogens with zero attached hydrogens (tertiary/aromatic N) is 1. The van der Waals surface area contributed by atoms with Gasteiger partial charge in [0.2, 0.25) is 0 Å². The fourth-order valence-electron chi connectivity index (χ4n) is 2.93. The topological polar surface area (TPSA) is 64.6 Å². The van der Waals surface area contributed by atoms with Gasteiger partial charge in [0.15, 0.2) is 0 Å². The van der Waals surface area contributed by atoms with Crippen LogP contribution in [-0.4, -0.2) is 48.8 Å². The molecule has 0 saturated heterocycles. The summed E-state index contributed by atoms with van der Waals surface area (Å²) in [6.45, 7) is 1.93. The van der Waals surface area contributed by atoms with E-state index < -0.39 is 5.60 Å². The lowest BCUT2D eigenvalue weighted by atomic mass is 9.90. The number of hydrogen-bond acceptors (Lipinski definition) is 4. The summed E-state index contributed by atoms with van der Waals surface area (Å²) < 4.78 is 0. The number of urea groups is 1. The van der Waals surface area contributed by atoms with Gasteiger partial charge in [-0.1, -0.05) is 0 Å². The standard InChI is InChI=1S/C16H27N3O2S/c1-16(21,12-7-8-22-10-12)11-17-15(20)18-13-5-4-6-14(9-13)19(2)3/h7-8,10,13-14,21H,4-6,9,11H2,1-3H3,(H2,17,18,20). The number of amides is 2. The number of carbonyl (C=O) groups is 1. The van der Waals surface area contributed by atoms with E-state index in [9.17, 15) is 9.90 Å². The Hall–Kier alpha value is -1.11. The van der Waals surface area contributed by atoms with Crippen LogP contribution in [0.2, 0.25) is 0 Å². The first-order valence-corrected chi connectivity index (χ1v) is 8.78. The third kappa shape index (κ3) is 4.69. The Balaban J connectivity index is 1.78. The normalized spacial score (nSPS) is 24.8.